The van der Waals surface area contributed by atoms with E-state index in [1.54, 1.807) is 0 Å². The van der Waals surface area contributed by atoms with E-state index in [9.17, 15) is 0 Å². The maximum Gasteiger partial charge on any atom is 0.159 e. The van der Waals surface area contributed by atoms with Gasteiger partial charge in [0.2, 0.25) is 0 Å². The molecule has 1 aromatic rings. The summed E-state index contributed by atoms with van der Waals surface area (Å²) >= 11 is 0. The Morgan fingerprint density at radius 1 is 1.33 bits per heavy atom. The predicted octanol–water partition coefficient (Wildman–Crippen LogP) is 1.77. The lowest BCUT2D eigenvalue weighted by atomic mass is 10.2. The van der Waals surface area contributed by atoms with Crippen LogP contribution in [0.3, 0.4) is 0 Å². The van der Waals surface area contributed by atoms with Gasteiger partial charge in [0.25, 0.3) is 0 Å². The number of hydrogen-bond donors (Lipinski definition) is 1. The molecule has 15 heavy (non-hydrogen) atoms. The second-order valence-corrected chi connectivity index (χ2v) is 3.58. The summed E-state index contributed by atoms with van der Waals surface area (Å²) in [6.07, 6.45) is 2.13. The molecule has 0 atom stereocenters. The predicted molar refractivity (Wildman–Crippen MR) is 59.7 cm³/mol. The monoisotopic (exact) mass is 205 g/mol. The van der Waals surface area contributed by atoms with E-state index in [4.69, 9.17) is 4.84 Å². The highest BCUT2D eigenvalue weighted by Crippen LogP contribution is 2.20. The Balaban J connectivity index is 2.01. The molecule has 1 aromatic carbocycles. The standard InChI is InChI=1S/C12H17N2O/c1-2-10-15-14-9-8-13-12(14)11-6-4-3-5-7-11/h3-7,13H,2,8-10H2,1H3. The van der Waals surface area contributed by atoms with Gasteiger partial charge in [0.1, 0.15) is 0 Å². The van der Waals surface area contributed by atoms with Crippen molar-refractivity contribution in [2.45, 2.75) is 13.3 Å². The maximum atomic E-state index is 5.65. The van der Waals surface area contributed by atoms with E-state index in [1.165, 1.54) is 5.56 Å². The lowest BCUT2D eigenvalue weighted by Crippen LogP contribution is -2.29. The molecule has 3 nitrogen and oxygen atoms in total. The van der Waals surface area contributed by atoms with E-state index < -0.39 is 0 Å². The molecule has 0 unspecified atom stereocenters. The molecule has 0 amide bonds. The Kier molecular flexibility index (Phi) is 3.72. The van der Waals surface area contributed by atoms with Crippen molar-refractivity contribution in [1.82, 2.24) is 10.4 Å². The summed E-state index contributed by atoms with van der Waals surface area (Å²) in [4.78, 5) is 5.65. The van der Waals surface area contributed by atoms with Crippen LogP contribution in [0.4, 0.5) is 0 Å². The maximum absolute atomic E-state index is 5.65. The third-order valence-corrected chi connectivity index (χ3v) is 2.36. The van der Waals surface area contributed by atoms with Crippen molar-refractivity contribution >= 4 is 0 Å². The van der Waals surface area contributed by atoms with Crippen LogP contribution in [-0.2, 0) is 4.84 Å². The summed E-state index contributed by atoms with van der Waals surface area (Å²) < 4.78 is 0. The fraction of sp³-hybridized carbons (Fsp3) is 0.417. The van der Waals surface area contributed by atoms with Crippen LogP contribution in [0.15, 0.2) is 30.3 Å². The molecule has 0 aromatic heterocycles. The molecular weight excluding hydrogens is 188 g/mol. The van der Waals surface area contributed by atoms with Crippen molar-refractivity contribution in [2.75, 3.05) is 19.7 Å². The van der Waals surface area contributed by atoms with Crippen LogP contribution in [0.5, 0.6) is 0 Å². The molecule has 0 spiro atoms. The third kappa shape index (κ3) is 2.56. The zero-order valence-electron chi connectivity index (χ0n) is 9.07. The van der Waals surface area contributed by atoms with Gasteiger partial charge in [0.05, 0.1) is 6.61 Å². The van der Waals surface area contributed by atoms with E-state index in [1.807, 2.05) is 23.3 Å². The second-order valence-electron chi connectivity index (χ2n) is 3.58. The largest absolute Gasteiger partial charge is 0.297 e. The van der Waals surface area contributed by atoms with E-state index in [0.29, 0.717) is 0 Å². The molecule has 3 heteroatoms. The lowest BCUT2D eigenvalue weighted by molar-refractivity contribution is -0.134. The summed E-state index contributed by atoms with van der Waals surface area (Å²) in [5, 5.41) is 5.31. The molecule has 1 aliphatic rings. The zero-order valence-corrected chi connectivity index (χ0v) is 9.07. The van der Waals surface area contributed by atoms with Crippen LogP contribution >= 0.6 is 0 Å². The van der Waals surface area contributed by atoms with Crippen molar-refractivity contribution < 1.29 is 4.84 Å². The van der Waals surface area contributed by atoms with Crippen LogP contribution in [0, 0.1) is 6.17 Å². The summed E-state index contributed by atoms with van der Waals surface area (Å²) in [7, 11) is 0. The lowest BCUT2D eigenvalue weighted by Gasteiger charge is -2.21. The summed E-state index contributed by atoms with van der Waals surface area (Å²) in [6, 6.07) is 10.3. The highest BCUT2D eigenvalue weighted by molar-refractivity contribution is 5.29. The summed E-state index contributed by atoms with van der Waals surface area (Å²) in [5.74, 6) is 0. The van der Waals surface area contributed by atoms with Crippen LogP contribution in [-0.4, -0.2) is 24.8 Å². The second kappa shape index (κ2) is 5.26. The fourth-order valence-corrected chi connectivity index (χ4v) is 1.65. The summed E-state index contributed by atoms with van der Waals surface area (Å²) in [5.41, 5.74) is 1.19. The fourth-order valence-electron chi connectivity index (χ4n) is 1.65. The van der Waals surface area contributed by atoms with Crippen LogP contribution in [0.25, 0.3) is 0 Å². The van der Waals surface area contributed by atoms with Gasteiger partial charge in [-0.1, -0.05) is 37.3 Å². The molecule has 1 radical (unpaired) electrons. The molecule has 1 aliphatic heterocycles. The molecule has 1 fully saturated rings. The number of nitrogens with zero attached hydrogens (tertiary/aromatic N) is 1. The minimum Gasteiger partial charge on any atom is -0.297 e. The average Bonchev–Trinajstić information content (AvgIpc) is 2.75. The topological polar surface area (TPSA) is 24.5 Å². The molecule has 2 rings (SSSR count). The SMILES string of the molecule is CCCON1CCN[C]1c1ccccc1. The molecule has 0 bridgehead atoms. The molecule has 0 saturated carbocycles. The number of hydroxylamine groups is 2. The van der Waals surface area contributed by atoms with Crippen molar-refractivity contribution in [2.24, 2.45) is 0 Å². The average molecular weight is 205 g/mol. The highest BCUT2D eigenvalue weighted by atomic mass is 16.7. The molecule has 1 N–H and O–H groups in total. The van der Waals surface area contributed by atoms with E-state index in [2.05, 4.69) is 24.4 Å². The van der Waals surface area contributed by atoms with Gasteiger partial charge in [0, 0.05) is 13.1 Å². The van der Waals surface area contributed by atoms with Gasteiger partial charge in [-0.15, -0.1) is 0 Å². The normalized spacial score (nSPS) is 18.5. The van der Waals surface area contributed by atoms with Crippen molar-refractivity contribution in [3.05, 3.63) is 42.1 Å². The van der Waals surface area contributed by atoms with Gasteiger partial charge < -0.3 is 0 Å². The third-order valence-electron chi connectivity index (χ3n) is 2.36. The Labute approximate surface area is 91.0 Å². The van der Waals surface area contributed by atoms with Crippen LogP contribution in [0.2, 0.25) is 0 Å². The Morgan fingerprint density at radius 2 is 2.13 bits per heavy atom. The first kappa shape index (κ1) is 10.6. The minimum absolute atomic E-state index is 0.776. The van der Waals surface area contributed by atoms with E-state index >= 15 is 0 Å². The highest BCUT2D eigenvalue weighted by Gasteiger charge is 2.27. The molecule has 0 aliphatic carbocycles. The van der Waals surface area contributed by atoms with Gasteiger partial charge in [-0.3, -0.25) is 10.2 Å². The van der Waals surface area contributed by atoms with Crippen molar-refractivity contribution in [3.8, 4) is 0 Å². The van der Waals surface area contributed by atoms with Gasteiger partial charge in [0.15, 0.2) is 6.17 Å². The van der Waals surface area contributed by atoms with Gasteiger partial charge in [-0.25, -0.2) is 0 Å². The molecule has 1 saturated heterocycles. The van der Waals surface area contributed by atoms with Gasteiger partial charge in [-0.05, 0) is 12.0 Å². The van der Waals surface area contributed by atoms with Gasteiger partial charge >= 0.3 is 0 Å². The minimum atomic E-state index is 0.776. The quantitative estimate of drug-likeness (QED) is 0.810. The van der Waals surface area contributed by atoms with E-state index in [0.717, 1.165) is 32.3 Å². The van der Waals surface area contributed by atoms with Gasteiger partial charge in [-0.2, -0.15) is 5.06 Å². The Morgan fingerprint density at radius 3 is 2.87 bits per heavy atom. The van der Waals surface area contributed by atoms with Crippen molar-refractivity contribution in [3.63, 3.8) is 0 Å². The number of benzene rings is 1. The summed E-state index contributed by atoms with van der Waals surface area (Å²) in [6.45, 7) is 4.77. The molecule has 81 valence electrons. The molecule has 1 heterocycles. The Hall–Kier alpha value is -0.900. The van der Waals surface area contributed by atoms with Crippen LogP contribution in [0.1, 0.15) is 18.9 Å². The number of rotatable bonds is 4. The Bertz CT molecular complexity index is 289. The first-order valence-corrected chi connectivity index (χ1v) is 5.48. The molecular formula is C12H17N2O. The van der Waals surface area contributed by atoms with E-state index in [-0.39, 0.29) is 0 Å². The smallest absolute Gasteiger partial charge is 0.159 e. The van der Waals surface area contributed by atoms with Crippen LogP contribution < -0.4 is 5.32 Å². The first-order chi connectivity index (χ1) is 7.42. The number of hydrogen-bond acceptors (Lipinski definition) is 3. The first-order valence-electron chi connectivity index (χ1n) is 5.48. The van der Waals surface area contributed by atoms with Crippen molar-refractivity contribution in [1.29, 1.82) is 0 Å². The number of nitrogens with one attached hydrogen (secondary N) is 1. The zero-order chi connectivity index (χ0) is 10.5.